The Labute approximate surface area is 190 Å². The zero-order chi connectivity index (χ0) is 22.1. The maximum absolute atomic E-state index is 14.0. The largest absolute Gasteiger partial charge is 0.496 e. The Kier molecular flexibility index (Phi) is 5.58. The first-order valence-electron chi connectivity index (χ1n) is 11.4. The summed E-state index contributed by atoms with van der Waals surface area (Å²) in [6, 6.07) is 24.9. The first-order chi connectivity index (χ1) is 15.6. The molecule has 0 saturated carbocycles. The lowest BCUT2D eigenvalue weighted by Gasteiger charge is -2.45. The predicted octanol–water partition coefficient (Wildman–Crippen LogP) is 4.46. The molecule has 1 atom stereocenters. The van der Waals surface area contributed by atoms with Crippen LogP contribution < -0.4 is 4.74 Å². The fourth-order valence-electron chi connectivity index (χ4n) is 5.51. The minimum Gasteiger partial charge on any atom is -0.496 e. The van der Waals surface area contributed by atoms with Crippen molar-refractivity contribution in [1.29, 1.82) is 0 Å². The third-order valence-electron chi connectivity index (χ3n) is 7.16. The number of Topliss-reactive ketones (excluding diaryl/α,β-unsaturated/α-hetero) is 1. The molecule has 4 nitrogen and oxygen atoms in total. The van der Waals surface area contributed by atoms with Crippen LogP contribution in [0.1, 0.15) is 32.6 Å². The van der Waals surface area contributed by atoms with E-state index in [9.17, 15) is 4.79 Å². The maximum atomic E-state index is 14.0. The van der Waals surface area contributed by atoms with Crippen LogP contribution in [0.3, 0.4) is 0 Å². The second-order valence-electron chi connectivity index (χ2n) is 8.92. The lowest BCUT2D eigenvalue weighted by molar-refractivity contribution is 0.0287. The summed E-state index contributed by atoms with van der Waals surface area (Å²) in [6.45, 7) is 6.50. The molecule has 164 valence electrons. The molecule has 0 aromatic heterocycles. The number of benzene rings is 3. The number of rotatable bonds is 5. The van der Waals surface area contributed by atoms with Crippen LogP contribution in [0.2, 0.25) is 0 Å². The molecule has 3 aromatic carbocycles. The highest BCUT2D eigenvalue weighted by atomic mass is 16.5. The molecule has 32 heavy (non-hydrogen) atoms. The molecule has 5 rings (SSSR count). The number of piperazine rings is 1. The van der Waals surface area contributed by atoms with Gasteiger partial charge in [-0.05, 0) is 29.7 Å². The van der Waals surface area contributed by atoms with E-state index >= 15 is 0 Å². The molecule has 2 aliphatic rings. The molecule has 1 heterocycles. The van der Waals surface area contributed by atoms with Crippen LogP contribution >= 0.6 is 0 Å². The van der Waals surface area contributed by atoms with Gasteiger partial charge < -0.3 is 4.74 Å². The number of fused-ring (bicyclic) bond motifs is 1. The van der Waals surface area contributed by atoms with Gasteiger partial charge in [0.2, 0.25) is 0 Å². The van der Waals surface area contributed by atoms with Gasteiger partial charge in [0.15, 0.2) is 5.78 Å². The summed E-state index contributed by atoms with van der Waals surface area (Å²) in [4.78, 5) is 18.9. The van der Waals surface area contributed by atoms with Gasteiger partial charge in [-0.25, -0.2) is 0 Å². The van der Waals surface area contributed by atoms with Crippen molar-refractivity contribution in [1.82, 2.24) is 9.80 Å². The summed E-state index contributed by atoms with van der Waals surface area (Å²) in [5, 5.41) is 0. The Morgan fingerprint density at radius 3 is 2.31 bits per heavy atom. The molecular weight excluding hydrogens is 396 g/mol. The maximum Gasteiger partial charge on any atom is 0.188 e. The molecule has 3 aromatic rings. The van der Waals surface area contributed by atoms with Gasteiger partial charge in [-0.1, -0.05) is 66.7 Å². The number of hydrogen-bond donors (Lipinski definition) is 0. The van der Waals surface area contributed by atoms with E-state index in [1.807, 2.05) is 18.2 Å². The van der Waals surface area contributed by atoms with Crippen molar-refractivity contribution in [3.8, 4) is 5.75 Å². The van der Waals surface area contributed by atoms with E-state index < -0.39 is 5.54 Å². The van der Waals surface area contributed by atoms with E-state index in [1.165, 1.54) is 11.1 Å². The van der Waals surface area contributed by atoms with Crippen LogP contribution in [0.15, 0.2) is 72.8 Å². The van der Waals surface area contributed by atoms with Crippen LogP contribution in [0, 0.1) is 6.92 Å². The highest BCUT2D eigenvalue weighted by molar-refractivity contribution is 6.09. The lowest BCUT2D eigenvalue weighted by atomic mass is 9.83. The van der Waals surface area contributed by atoms with Crippen LogP contribution in [0.25, 0.3) is 0 Å². The van der Waals surface area contributed by atoms with E-state index in [1.54, 1.807) is 7.11 Å². The van der Waals surface area contributed by atoms with Crippen LogP contribution in [0.5, 0.6) is 5.75 Å². The third-order valence-corrected chi connectivity index (χ3v) is 7.16. The van der Waals surface area contributed by atoms with E-state index in [-0.39, 0.29) is 5.78 Å². The van der Waals surface area contributed by atoms with Crippen molar-refractivity contribution in [3.05, 3.63) is 101 Å². The summed E-state index contributed by atoms with van der Waals surface area (Å²) >= 11 is 0. The SMILES string of the molecule is COc1ccccc1CN1CCN(C2(c3ccccc3)Cc3cccc(C)c3C2=O)CC1. The highest BCUT2D eigenvalue weighted by Crippen LogP contribution is 2.44. The molecule has 1 aliphatic heterocycles. The van der Waals surface area contributed by atoms with E-state index in [2.05, 4.69) is 71.3 Å². The Hall–Kier alpha value is -2.95. The van der Waals surface area contributed by atoms with Crippen molar-refractivity contribution in [3.63, 3.8) is 0 Å². The van der Waals surface area contributed by atoms with Gasteiger partial charge in [0.1, 0.15) is 11.3 Å². The number of hydrogen-bond acceptors (Lipinski definition) is 4. The Bertz CT molecular complexity index is 1120. The zero-order valence-corrected chi connectivity index (χ0v) is 18.9. The Morgan fingerprint density at radius 1 is 0.875 bits per heavy atom. The second-order valence-corrected chi connectivity index (χ2v) is 8.92. The van der Waals surface area contributed by atoms with Crippen molar-refractivity contribution < 1.29 is 9.53 Å². The summed E-state index contributed by atoms with van der Waals surface area (Å²) in [6.07, 6.45) is 0.749. The molecule has 1 unspecified atom stereocenters. The fourth-order valence-corrected chi connectivity index (χ4v) is 5.51. The Balaban J connectivity index is 1.42. The predicted molar refractivity (Wildman–Crippen MR) is 127 cm³/mol. The Morgan fingerprint density at radius 2 is 1.59 bits per heavy atom. The standard InChI is InChI=1S/C28H30N2O2/c1-21-9-8-11-22-19-28(27(31)26(21)22,24-12-4-3-5-13-24)30-17-15-29(16-18-30)20-23-10-6-7-14-25(23)32-2/h3-14H,15-20H2,1-2H3. The number of aryl methyl sites for hydroxylation is 1. The lowest BCUT2D eigenvalue weighted by Crippen LogP contribution is -2.58. The van der Waals surface area contributed by atoms with Gasteiger partial charge in [0, 0.05) is 50.3 Å². The number of methoxy groups -OCH3 is 1. The van der Waals surface area contributed by atoms with Gasteiger partial charge in [-0.2, -0.15) is 0 Å². The van der Waals surface area contributed by atoms with Crippen molar-refractivity contribution >= 4 is 5.78 Å². The second kappa shape index (κ2) is 8.53. The molecule has 0 radical (unpaired) electrons. The first-order valence-corrected chi connectivity index (χ1v) is 11.4. The molecule has 1 saturated heterocycles. The highest BCUT2D eigenvalue weighted by Gasteiger charge is 2.51. The minimum absolute atomic E-state index is 0.259. The van der Waals surface area contributed by atoms with Gasteiger partial charge in [0.25, 0.3) is 0 Å². The molecule has 0 N–H and O–H groups in total. The first kappa shape index (κ1) is 20.9. The molecular formula is C28H30N2O2. The number of ketones is 1. The monoisotopic (exact) mass is 426 g/mol. The van der Waals surface area contributed by atoms with Crippen molar-refractivity contribution in [2.75, 3.05) is 33.3 Å². The van der Waals surface area contributed by atoms with E-state index in [0.717, 1.165) is 61.6 Å². The van der Waals surface area contributed by atoms with Crippen molar-refractivity contribution in [2.45, 2.75) is 25.4 Å². The number of carbonyl (C=O) groups excluding carboxylic acids is 1. The third kappa shape index (κ3) is 3.44. The molecule has 1 fully saturated rings. The van der Waals surface area contributed by atoms with Gasteiger partial charge in [0.05, 0.1) is 7.11 Å². The smallest absolute Gasteiger partial charge is 0.188 e. The zero-order valence-electron chi connectivity index (χ0n) is 18.9. The minimum atomic E-state index is -0.605. The number of ether oxygens (including phenoxy) is 1. The number of nitrogens with zero attached hydrogens (tertiary/aromatic N) is 2. The van der Waals surface area contributed by atoms with Gasteiger partial charge >= 0.3 is 0 Å². The fraction of sp³-hybridized carbons (Fsp3) is 0.321. The van der Waals surface area contributed by atoms with Crippen LogP contribution in [-0.4, -0.2) is 48.9 Å². The van der Waals surface area contributed by atoms with E-state index in [0.29, 0.717) is 0 Å². The molecule has 0 bridgehead atoms. The molecule has 0 spiro atoms. The summed E-state index contributed by atoms with van der Waals surface area (Å²) < 4.78 is 5.54. The molecule has 4 heteroatoms. The van der Waals surface area contributed by atoms with E-state index in [4.69, 9.17) is 4.74 Å². The van der Waals surface area contributed by atoms with Crippen LogP contribution in [-0.2, 0) is 18.5 Å². The summed E-state index contributed by atoms with van der Waals surface area (Å²) in [5.41, 5.74) is 4.90. The van der Waals surface area contributed by atoms with Crippen molar-refractivity contribution in [2.24, 2.45) is 0 Å². The van der Waals surface area contributed by atoms with Crippen LogP contribution in [0.4, 0.5) is 0 Å². The van der Waals surface area contributed by atoms with Gasteiger partial charge in [-0.15, -0.1) is 0 Å². The average Bonchev–Trinajstić information content (AvgIpc) is 3.15. The topological polar surface area (TPSA) is 32.8 Å². The average molecular weight is 427 g/mol. The van der Waals surface area contributed by atoms with Gasteiger partial charge in [-0.3, -0.25) is 14.6 Å². The molecule has 0 amide bonds. The summed E-state index contributed by atoms with van der Waals surface area (Å²) in [5.74, 6) is 1.20. The summed E-state index contributed by atoms with van der Waals surface area (Å²) in [7, 11) is 1.73. The molecule has 1 aliphatic carbocycles. The normalized spacial score (nSPS) is 21.5. The quantitative estimate of drug-likeness (QED) is 0.603. The number of carbonyl (C=O) groups is 1. The number of para-hydroxylation sites is 1.